The molecule has 1 aromatic rings. The van der Waals surface area contributed by atoms with Crippen LogP contribution >= 0.6 is 0 Å². The van der Waals surface area contributed by atoms with Gasteiger partial charge in [-0.1, -0.05) is 0 Å². The molecule has 0 spiro atoms. The molecule has 4 nitrogen and oxygen atoms in total. The van der Waals surface area contributed by atoms with E-state index >= 15 is 0 Å². The van der Waals surface area contributed by atoms with E-state index in [1.165, 1.54) is 16.4 Å². The fraction of sp³-hybridized carbons (Fsp3) is 0.571. The molecule has 0 unspecified atom stereocenters. The van der Waals surface area contributed by atoms with Crippen LogP contribution in [0.3, 0.4) is 0 Å². The monoisotopic (exact) mass is 482 g/mol. The molecule has 0 saturated carbocycles. The van der Waals surface area contributed by atoms with Gasteiger partial charge in [-0.25, -0.2) is 8.42 Å². The van der Waals surface area contributed by atoms with Crippen LogP contribution in [0.1, 0.15) is 13.8 Å². The highest BCUT2D eigenvalue weighted by Gasteiger charge is 2.83. The first-order valence-corrected chi connectivity index (χ1v) is 10.4. The minimum absolute atomic E-state index is 0.356. The van der Waals surface area contributed by atoms with E-state index in [0.717, 1.165) is 0 Å². The first kappa shape index (κ1) is 27.6. The number of alkyl halides is 9. The number of hydrogen-bond donors (Lipinski definition) is 1. The van der Waals surface area contributed by atoms with Crippen LogP contribution in [0.4, 0.5) is 39.5 Å². The molecule has 0 bridgehead atoms. The highest BCUT2D eigenvalue weighted by Crippen LogP contribution is 2.54. The van der Waals surface area contributed by atoms with Gasteiger partial charge in [0.05, 0.1) is 0 Å². The van der Waals surface area contributed by atoms with E-state index in [1.54, 1.807) is 12.1 Å². The van der Waals surface area contributed by atoms with E-state index in [9.17, 15) is 52.5 Å². The topological polar surface area (TPSA) is 77.4 Å². The van der Waals surface area contributed by atoms with Gasteiger partial charge in [0.1, 0.15) is 17.3 Å². The molecule has 0 amide bonds. The Labute approximate surface area is 162 Å². The summed E-state index contributed by atoms with van der Waals surface area (Å²) >= 11 is 0. The molecule has 15 heteroatoms. The Bertz CT molecular complexity index is 758. The lowest BCUT2D eigenvalue weighted by atomic mass is 10.1. The summed E-state index contributed by atoms with van der Waals surface area (Å²) in [6, 6.07) is 7.57. The van der Waals surface area contributed by atoms with Crippen LogP contribution in [-0.4, -0.2) is 52.9 Å². The number of phenolic OH excluding ortho intramolecular Hbond substituents is 1. The van der Waals surface area contributed by atoms with Crippen molar-refractivity contribution in [2.24, 2.45) is 0 Å². The number of phenols is 1. The largest absolute Gasteiger partial charge is 0.743 e. The van der Waals surface area contributed by atoms with Crippen molar-refractivity contribution in [2.45, 2.75) is 42.0 Å². The fourth-order valence-corrected chi connectivity index (χ4v) is 3.73. The molecule has 0 aliphatic rings. The number of rotatable bonds is 6. The Balaban J connectivity index is 0.000000571. The maximum atomic E-state index is 12.2. The third-order valence-corrected chi connectivity index (χ3v) is 6.51. The predicted octanol–water partition coefficient (Wildman–Crippen LogP) is 4.37. The Kier molecular flexibility index (Phi) is 8.77. The van der Waals surface area contributed by atoms with E-state index in [2.05, 4.69) is 13.8 Å². The maximum absolute atomic E-state index is 12.2. The van der Waals surface area contributed by atoms with Gasteiger partial charge in [0.2, 0.25) is 0 Å². The average molecular weight is 482 g/mol. The summed E-state index contributed by atoms with van der Waals surface area (Å²) in [4.78, 5) is 1.36. The third-order valence-electron chi connectivity index (χ3n) is 3.30. The van der Waals surface area contributed by atoms with Gasteiger partial charge in [0, 0.05) is 10.9 Å². The molecule has 170 valence electrons. The molecule has 0 heterocycles. The van der Waals surface area contributed by atoms with Gasteiger partial charge in [-0.15, -0.1) is 0 Å². The van der Waals surface area contributed by atoms with Crippen LogP contribution < -0.4 is 0 Å². The lowest BCUT2D eigenvalue weighted by molar-refractivity contribution is -0.382. The second-order valence-electron chi connectivity index (χ2n) is 5.18. The van der Waals surface area contributed by atoms with Gasteiger partial charge < -0.3 is 9.66 Å². The van der Waals surface area contributed by atoms with Crippen molar-refractivity contribution in [1.29, 1.82) is 0 Å². The van der Waals surface area contributed by atoms with Crippen LogP contribution in [0.25, 0.3) is 0 Å². The summed E-state index contributed by atoms with van der Waals surface area (Å²) in [7, 11) is -7.04. The molecular weight excluding hydrogens is 467 g/mol. The van der Waals surface area contributed by atoms with Crippen molar-refractivity contribution in [1.82, 2.24) is 0 Å². The minimum atomic E-state index is -7.43. The lowest BCUT2D eigenvalue weighted by Crippen LogP contribution is -2.63. The minimum Gasteiger partial charge on any atom is -0.743 e. The molecule has 1 aromatic carbocycles. The molecule has 0 aliphatic heterocycles. The highest BCUT2D eigenvalue weighted by molar-refractivity contribution is 7.96. The molecule has 0 aliphatic carbocycles. The Morgan fingerprint density at radius 1 is 0.862 bits per heavy atom. The van der Waals surface area contributed by atoms with Gasteiger partial charge in [-0.05, 0) is 38.1 Å². The van der Waals surface area contributed by atoms with Gasteiger partial charge in [-0.2, -0.15) is 39.5 Å². The number of halogens is 9. The summed E-state index contributed by atoms with van der Waals surface area (Å²) < 4.78 is 135. The zero-order valence-corrected chi connectivity index (χ0v) is 16.2. The summed E-state index contributed by atoms with van der Waals surface area (Å²) in [5, 5.41) is 1.97. The van der Waals surface area contributed by atoms with Crippen molar-refractivity contribution in [3.63, 3.8) is 0 Å². The second kappa shape index (κ2) is 9.20. The first-order valence-electron chi connectivity index (χ1n) is 7.40. The Hall–Kier alpha value is -1.35. The van der Waals surface area contributed by atoms with Crippen molar-refractivity contribution < 1.29 is 57.6 Å². The average Bonchev–Trinajstić information content (AvgIpc) is 2.56. The van der Waals surface area contributed by atoms with Crippen molar-refractivity contribution in [3.8, 4) is 5.75 Å². The molecular formula is C14H15F9O4S2. The predicted molar refractivity (Wildman–Crippen MR) is 85.4 cm³/mol. The standard InChI is InChI=1S/C10H14OS.C4HF9O3S/c1-3-12(4-2)10-7-5-9(11)6-8-10;5-1(6,3(9,10)11)2(7,8)4(12,13)17(14,15)16/h5-8H,3-4H2,1-2H3;(H,14,15,16). The van der Waals surface area contributed by atoms with Crippen LogP contribution in [0, 0.1) is 0 Å². The van der Waals surface area contributed by atoms with Gasteiger partial charge >= 0.3 is 23.3 Å². The van der Waals surface area contributed by atoms with Gasteiger partial charge in [-0.3, -0.25) is 0 Å². The van der Waals surface area contributed by atoms with E-state index in [0.29, 0.717) is 16.6 Å². The third kappa shape index (κ3) is 5.84. The fourth-order valence-electron chi connectivity index (χ4n) is 1.69. The summed E-state index contributed by atoms with van der Waals surface area (Å²) in [6.07, 6.45) is -7.16. The van der Waals surface area contributed by atoms with E-state index in [-0.39, 0.29) is 0 Å². The van der Waals surface area contributed by atoms with E-state index in [1.807, 2.05) is 12.1 Å². The SMILES string of the molecule is CC[S+](CC)c1ccc(O)cc1.O=S(=O)([O-])C(F)(F)C(F)(F)C(F)(F)C(F)(F)F. The van der Waals surface area contributed by atoms with Crippen LogP contribution in [0.5, 0.6) is 5.75 Å². The molecule has 0 radical (unpaired) electrons. The summed E-state index contributed by atoms with van der Waals surface area (Å²) in [6.45, 7) is 4.42. The maximum Gasteiger partial charge on any atom is 0.460 e. The number of benzene rings is 1. The van der Waals surface area contributed by atoms with Crippen molar-refractivity contribution in [2.75, 3.05) is 11.5 Å². The molecule has 29 heavy (non-hydrogen) atoms. The second-order valence-corrected chi connectivity index (χ2v) is 9.21. The molecule has 1 N–H and O–H groups in total. The van der Waals surface area contributed by atoms with Gasteiger partial charge in [0.25, 0.3) is 0 Å². The molecule has 1 rings (SSSR count). The van der Waals surface area contributed by atoms with Crippen molar-refractivity contribution >= 4 is 21.0 Å². The number of aromatic hydroxyl groups is 1. The van der Waals surface area contributed by atoms with E-state index in [4.69, 9.17) is 5.11 Å². The highest BCUT2D eigenvalue weighted by atomic mass is 32.2. The van der Waals surface area contributed by atoms with E-state index < -0.39 is 33.4 Å². The Morgan fingerprint density at radius 2 is 1.24 bits per heavy atom. The van der Waals surface area contributed by atoms with Crippen molar-refractivity contribution in [3.05, 3.63) is 24.3 Å². The number of hydrogen-bond acceptors (Lipinski definition) is 4. The normalized spacial score (nSPS) is 13.8. The molecule has 0 aromatic heterocycles. The summed E-state index contributed by atoms with van der Waals surface area (Å²) in [5.41, 5.74) is 0. The summed E-state index contributed by atoms with van der Waals surface area (Å²) in [5.74, 6) is -12.1. The Morgan fingerprint density at radius 3 is 1.52 bits per heavy atom. The van der Waals surface area contributed by atoms with Crippen LogP contribution in [-0.2, 0) is 21.0 Å². The zero-order chi connectivity index (χ0) is 23.5. The molecule has 0 saturated heterocycles. The molecule has 0 fully saturated rings. The lowest BCUT2D eigenvalue weighted by Gasteiger charge is -2.34. The van der Waals surface area contributed by atoms with Crippen LogP contribution in [0.15, 0.2) is 29.2 Å². The first-order chi connectivity index (χ1) is 12.8. The van der Waals surface area contributed by atoms with Gasteiger partial charge in [0.15, 0.2) is 15.0 Å². The van der Waals surface area contributed by atoms with Crippen LogP contribution in [0.2, 0.25) is 0 Å². The smallest absolute Gasteiger partial charge is 0.460 e. The molecule has 0 atom stereocenters. The quantitative estimate of drug-likeness (QED) is 0.371. The zero-order valence-electron chi connectivity index (χ0n) is 14.6.